The van der Waals surface area contributed by atoms with Crippen LogP contribution in [0.5, 0.6) is 5.75 Å². The lowest BCUT2D eigenvalue weighted by Crippen LogP contribution is -2.27. The first kappa shape index (κ1) is 16.8. The molecule has 0 aliphatic carbocycles. The molecule has 0 fully saturated rings. The number of hydrogen-bond acceptors (Lipinski definition) is 6. The van der Waals surface area contributed by atoms with Gasteiger partial charge in [0.05, 0.1) is 12.6 Å². The highest BCUT2D eigenvalue weighted by Crippen LogP contribution is 2.25. The van der Waals surface area contributed by atoms with Crippen molar-refractivity contribution in [3.8, 4) is 17.1 Å². The van der Waals surface area contributed by atoms with Gasteiger partial charge >= 0.3 is 5.97 Å². The van der Waals surface area contributed by atoms with Crippen molar-refractivity contribution in [1.82, 2.24) is 19.6 Å². The lowest BCUT2D eigenvalue weighted by Gasteiger charge is -2.11. The fourth-order valence-corrected chi connectivity index (χ4v) is 2.77. The maximum Gasteiger partial charge on any atom is 0.325 e. The molecule has 0 saturated carbocycles. The number of carboxylic acid groups (broad SMARTS) is 1. The van der Waals surface area contributed by atoms with Crippen molar-refractivity contribution in [2.75, 3.05) is 12.4 Å². The van der Waals surface area contributed by atoms with Crippen molar-refractivity contribution in [2.24, 2.45) is 0 Å². The van der Waals surface area contributed by atoms with Gasteiger partial charge < -0.3 is 15.2 Å². The number of ether oxygens (including phenoxy) is 1. The van der Waals surface area contributed by atoms with Gasteiger partial charge in [-0.2, -0.15) is 4.52 Å². The molecule has 4 aromatic rings. The number of benzene rings is 2. The molecular weight excluding hydrogens is 346 g/mol. The monoisotopic (exact) mass is 363 g/mol. The number of anilines is 1. The van der Waals surface area contributed by atoms with Crippen molar-refractivity contribution in [3.63, 3.8) is 0 Å². The molecule has 0 unspecified atom stereocenters. The second-order valence-electron chi connectivity index (χ2n) is 6.06. The highest BCUT2D eigenvalue weighted by atomic mass is 16.5. The van der Waals surface area contributed by atoms with Crippen LogP contribution in [0.3, 0.4) is 0 Å². The zero-order valence-electron chi connectivity index (χ0n) is 14.7. The zero-order valence-corrected chi connectivity index (χ0v) is 14.7. The van der Waals surface area contributed by atoms with Gasteiger partial charge in [0.1, 0.15) is 11.8 Å². The van der Waals surface area contributed by atoms with Crippen LogP contribution in [0.1, 0.15) is 6.92 Å². The molecule has 0 radical (unpaired) electrons. The van der Waals surface area contributed by atoms with Crippen molar-refractivity contribution in [3.05, 3.63) is 48.5 Å². The summed E-state index contributed by atoms with van der Waals surface area (Å²) in [5, 5.41) is 17.5. The number of fused-ring (bicyclic) bond motifs is 3. The third-order valence-electron chi connectivity index (χ3n) is 4.24. The summed E-state index contributed by atoms with van der Waals surface area (Å²) in [6, 6.07) is 14.1. The predicted molar refractivity (Wildman–Crippen MR) is 101 cm³/mol. The first-order valence-corrected chi connectivity index (χ1v) is 8.36. The molecule has 136 valence electrons. The van der Waals surface area contributed by atoms with E-state index in [1.54, 1.807) is 18.5 Å². The second-order valence-corrected chi connectivity index (χ2v) is 6.06. The number of nitrogens with one attached hydrogen (secondary N) is 1. The van der Waals surface area contributed by atoms with Gasteiger partial charge in [0.15, 0.2) is 11.5 Å². The summed E-state index contributed by atoms with van der Waals surface area (Å²) in [4.78, 5) is 20.4. The zero-order chi connectivity index (χ0) is 19.0. The number of para-hydroxylation sites is 1. The van der Waals surface area contributed by atoms with Crippen molar-refractivity contribution in [2.45, 2.75) is 13.0 Å². The van der Waals surface area contributed by atoms with Gasteiger partial charge in [-0.25, -0.2) is 9.97 Å². The minimum atomic E-state index is -0.978. The smallest absolute Gasteiger partial charge is 0.325 e. The van der Waals surface area contributed by atoms with E-state index < -0.39 is 12.0 Å². The minimum Gasteiger partial charge on any atom is -0.497 e. The summed E-state index contributed by atoms with van der Waals surface area (Å²) >= 11 is 0. The Kier molecular flexibility index (Phi) is 4.08. The molecule has 4 rings (SSSR count). The van der Waals surface area contributed by atoms with E-state index >= 15 is 0 Å². The molecule has 0 aliphatic heterocycles. The highest BCUT2D eigenvalue weighted by Gasteiger charge is 2.18. The van der Waals surface area contributed by atoms with E-state index in [0.29, 0.717) is 22.9 Å². The Hall–Kier alpha value is -3.68. The topological polar surface area (TPSA) is 102 Å². The van der Waals surface area contributed by atoms with E-state index in [9.17, 15) is 9.90 Å². The Morgan fingerprint density at radius 2 is 1.89 bits per heavy atom. The van der Waals surface area contributed by atoms with Gasteiger partial charge in [-0.15, -0.1) is 5.10 Å². The summed E-state index contributed by atoms with van der Waals surface area (Å²) < 4.78 is 6.73. The molecule has 2 heterocycles. The average molecular weight is 363 g/mol. The maximum absolute atomic E-state index is 11.2. The molecule has 0 amide bonds. The molecule has 2 aromatic carbocycles. The number of nitrogens with zero attached hydrogens (tertiary/aromatic N) is 4. The van der Waals surface area contributed by atoms with Crippen LogP contribution in [0, 0.1) is 0 Å². The van der Waals surface area contributed by atoms with Crippen LogP contribution < -0.4 is 10.1 Å². The van der Waals surface area contributed by atoms with E-state index in [0.717, 1.165) is 16.7 Å². The molecule has 2 N–H and O–H groups in total. The number of carbonyl (C=O) groups is 1. The van der Waals surface area contributed by atoms with Gasteiger partial charge in [0.25, 0.3) is 0 Å². The van der Waals surface area contributed by atoms with E-state index in [2.05, 4.69) is 20.4 Å². The van der Waals surface area contributed by atoms with Crippen molar-refractivity contribution >= 4 is 28.5 Å². The fourth-order valence-electron chi connectivity index (χ4n) is 2.77. The van der Waals surface area contributed by atoms with E-state index in [1.807, 2.05) is 48.5 Å². The quantitative estimate of drug-likeness (QED) is 0.562. The number of hydrogen-bond donors (Lipinski definition) is 2. The third kappa shape index (κ3) is 3.01. The van der Waals surface area contributed by atoms with Crippen LogP contribution in [0.25, 0.3) is 27.9 Å². The van der Waals surface area contributed by atoms with Crippen LogP contribution in [0.15, 0.2) is 48.5 Å². The number of aromatic nitrogens is 4. The standard InChI is InChI=1S/C19H17N5O3/c1-11(18(25)26)20-19-21-15-6-4-3-5-14(15)17-22-16(23-24(17)19)12-7-9-13(27-2)10-8-12/h3-11H,1-2H3,(H,20,21)(H,25,26)/t11-/m1/s1. The summed E-state index contributed by atoms with van der Waals surface area (Å²) in [5.41, 5.74) is 2.13. The van der Waals surface area contributed by atoms with Gasteiger partial charge in [0, 0.05) is 10.9 Å². The molecule has 27 heavy (non-hydrogen) atoms. The van der Waals surface area contributed by atoms with Gasteiger partial charge in [0.2, 0.25) is 5.95 Å². The van der Waals surface area contributed by atoms with Crippen LogP contribution >= 0.6 is 0 Å². The average Bonchev–Trinajstić information content (AvgIpc) is 3.14. The minimum absolute atomic E-state index is 0.325. The van der Waals surface area contributed by atoms with E-state index in [4.69, 9.17) is 4.74 Å². The Bertz CT molecular complexity index is 1140. The van der Waals surface area contributed by atoms with Crippen LogP contribution in [-0.4, -0.2) is 43.8 Å². The largest absolute Gasteiger partial charge is 0.497 e. The van der Waals surface area contributed by atoms with E-state index in [1.165, 1.54) is 0 Å². The van der Waals surface area contributed by atoms with Crippen LogP contribution in [0.2, 0.25) is 0 Å². The summed E-state index contributed by atoms with van der Waals surface area (Å²) in [7, 11) is 1.61. The van der Waals surface area contributed by atoms with Crippen LogP contribution in [-0.2, 0) is 4.79 Å². The molecule has 0 aliphatic rings. The molecule has 0 spiro atoms. The summed E-state index contributed by atoms with van der Waals surface area (Å²) in [6.07, 6.45) is 0. The Morgan fingerprint density at radius 1 is 1.15 bits per heavy atom. The second kappa shape index (κ2) is 6.56. The first-order valence-electron chi connectivity index (χ1n) is 8.36. The van der Waals surface area contributed by atoms with Gasteiger partial charge in [-0.05, 0) is 43.3 Å². The molecule has 1 atom stereocenters. The maximum atomic E-state index is 11.2. The Balaban J connectivity index is 1.91. The lowest BCUT2D eigenvalue weighted by molar-refractivity contribution is -0.137. The van der Waals surface area contributed by atoms with Gasteiger partial charge in [-0.1, -0.05) is 12.1 Å². The van der Waals surface area contributed by atoms with E-state index in [-0.39, 0.29) is 0 Å². The molecule has 8 heteroatoms. The Labute approximate surface area is 154 Å². The Morgan fingerprint density at radius 3 is 2.59 bits per heavy atom. The fraction of sp³-hybridized carbons (Fsp3) is 0.158. The van der Waals surface area contributed by atoms with Gasteiger partial charge in [-0.3, -0.25) is 4.79 Å². The molecule has 0 saturated heterocycles. The summed E-state index contributed by atoms with van der Waals surface area (Å²) in [6.45, 7) is 1.55. The predicted octanol–water partition coefficient (Wildman–Crippen LogP) is 2.84. The number of methoxy groups -OCH3 is 1. The highest BCUT2D eigenvalue weighted by molar-refractivity contribution is 5.93. The first-order chi connectivity index (χ1) is 13.1. The number of rotatable bonds is 5. The van der Waals surface area contributed by atoms with Crippen LogP contribution in [0.4, 0.5) is 5.95 Å². The number of carboxylic acids is 1. The molecule has 2 aromatic heterocycles. The van der Waals surface area contributed by atoms with Crippen molar-refractivity contribution in [1.29, 1.82) is 0 Å². The molecule has 8 nitrogen and oxygen atoms in total. The summed E-state index contributed by atoms with van der Waals surface area (Å²) in [5.74, 6) is 0.605. The molecule has 0 bridgehead atoms. The normalized spacial score (nSPS) is 12.2. The lowest BCUT2D eigenvalue weighted by atomic mass is 10.2. The molecular formula is C19H17N5O3. The number of aliphatic carboxylic acids is 1. The van der Waals surface area contributed by atoms with Crippen molar-refractivity contribution < 1.29 is 14.6 Å². The SMILES string of the molecule is COc1ccc(-c2nc3c4ccccc4nc(N[C@H](C)C(=O)O)n3n2)cc1. The third-order valence-corrected chi connectivity index (χ3v) is 4.24.